The third kappa shape index (κ3) is 2.60. The molecule has 0 aromatic carbocycles. The van der Waals surface area contributed by atoms with Crippen molar-refractivity contribution in [2.75, 3.05) is 19.6 Å². The number of amides is 2. The maximum absolute atomic E-state index is 12.3. The topological polar surface area (TPSA) is 70.2 Å². The number of rotatable bonds is 3. The van der Waals surface area contributed by atoms with Crippen molar-refractivity contribution in [1.82, 2.24) is 16.0 Å². The van der Waals surface area contributed by atoms with Gasteiger partial charge in [0.1, 0.15) is 0 Å². The smallest absolute Gasteiger partial charge is 0.227 e. The molecule has 2 rings (SSSR count). The lowest BCUT2D eigenvalue weighted by Crippen LogP contribution is -2.52. The Kier molecular flexibility index (Phi) is 3.66. The summed E-state index contributed by atoms with van der Waals surface area (Å²) in [5.74, 6) is 0.135. The highest BCUT2D eigenvalue weighted by atomic mass is 16.2. The van der Waals surface area contributed by atoms with Crippen molar-refractivity contribution in [2.45, 2.75) is 38.6 Å². The minimum Gasteiger partial charge on any atom is -0.354 e. The highest BCUT2D eigenvalue weighted by Gasteiger charge is 2.39. The normalized spacial score (nSPS) is 33.2. The second-order valence-electron chi connectivity index (χ2n) is 5.09. The molecule has 2 amide bonds. The van der Waals surface area contributed by atoms with Crippen LogP contribution in [0.5, 0.6) is 0 Å². The zero-order chi connectivity index (χ0) is 12.3. The summed E-state index contributed by atoms with van der Waals surface area (Å²) in [5, 5.41) is 9.05. The van der Waals surface area contributed by atoms with Gasteiger partial charge in [-0.1, -0.05) is 6.92 Å². The molecule has 0 aliphatic carbocycles. The fourth-order valence-electron chi connectivity index (χ4n) is 2.67. The van der Waals surface area contributed by atoms with Crippen molar-refractivity contribution in [3.8, 4) is 0 Å². The Balaban J connectivity index is 1.95. The number of nitrogens with one attached hydrogen (secondary N) is 3. The lowest BCUT2D eigenvalue weighted by molar-refractivity contribution is -0.133. The van der Waals surface area contributed by atoms with E-state index in [9.17, 15) is 9.59 Å². The van der Waals surface area contributed by atoms with Gasteiger partial charge < -0.3 is 16.0 Å². The third-order valence-corrected chi connectivity index (χ3v) is 3.94. The SMILES string of the molecule is CCC1(C(=O)NC2CNC(=O)C2)CCCNC1. The van der Waals surface area contributed by atoms with Crippen LogP contribution in [0.4, 0.5) is 0 Å². The molecular formula is C12H21N3O2. The molecule has 0 saturated carbocycles. The van der Waals surface area contributed by atoms with Gasteiger partial charge >= 0.3 is 0 Å². The van der Waals surface area contributed by atoms with Crippen molar-refractivity contribution >= 4 is 11.8 Å². The van der Waals surface area contributed by atoms with Crippen molar-refractivity contribution in [3.63, 3.8) is 0 Å². The Labute approximate surface area is 102 Å². The number of carbonyl (C=O) groups excluding carboxylic acids is 2. The molecule has 2 heterocycles. The summed E-state index contributed by atoms with van der Waals surface area (Å²) in [6.07, 6.45) is 3.25. The Morgan fingerprint density at radius 3 is 2.94 bits per heavy atom. The largest absolute Gasteiger partial charge is 0.354 e. The summed E-state index contributed by atoms with van der Waals surface area (Å²) < 4.78 is 0. The standard InChI is InChI=1S/C12H21N3O2/c1-2-12(4-3-5-13-8-12)11(17)15-9-6-10(16)14-7-9/h9,13H,2-8H2,1H3,(H,14,16)(H,15,17). The van der Waals surface area contributed by atoms with Gasteiger partial charge in [-0.3, -0.25) is 9.59 Å². The summed E-state index contributed by atoms with van der Waals surface area (Å²) in [6.45, 7) is 4.38. The first-order chi connectivity index (χ1) is 8.16. The van der Waals surface area contributed by atoms with Crippen LogP contribution in [0.1, 0.15) is 32.6 Å². The molecule has 0 radical (unpaired) electrons. The zero-order valence-corrected chi connectivity index (χ0v) is 10.3. The Morgan fingerprint density at radius 2 is 2.41 bits per heavy atom. The lowest BCUT2D eigenvalue weighted by Gasteiger charge is -2.36. The maximum atomic E-state index is 12.3. The van der Waals surface area contributed by atoms with E-state index >= 15 is 0 Å². The highest BCUT2D eigenvalue weighted by molar-refractivity contribution is 5.85. The quantitative estimate of drug-likeness (QED) is 0.637. The molecule has 2 fully saturated rings. The molecule has 2 unspecified atom stereocenters. The lowest BCUT2D eigenvalue weighted by atomic mass is 9.77. The monoisotopic (exact) mass is 239 g/mol. The molecular weight excluding hydrogens is 218 g/mol. The van der Waals surface area contributed by atoms with Crippen LogP contribution in [0.3, 0.4) is 0 Å². The van der Waals surface area contributed by atoms with Crippen LogP contribution in [0.15, 0.2) is 0 Å². The minimum absolute atomic E-state index is 0.0275. The molecule has 0 aromatic heterocycles. The molecule has 3 N–H and O–H groups in total. The Bertz CT molecular complexity index is 311. The molecule has 0 aromatic rings. The number of piperidine rings is 1. The molecule has 2 aliphatic heterocycles. The molecule has 0 bridgehead atoms. The molecule has 17 heavy (non-hydrogen) atoms. The van der Waals surface area contributed by atoms with E-state index in [0.29, 0.717) is 13.0 Å². The van der Waals surface area contributed by atoms with Crippen molar-refractivity contribution in [1.29, 1.82) is 0 Å². The van der Waals surface area contributed by atoms with Crippen molar-refractivity contribution in [2.24, 2.45) is 5.41 Å². The minimum atomic E-state index is -0.274. The molecule has 5 heteroatoms. The number of hydrogen-bond donors (Lipinski definition) is 3. The molecule has 2 atom stereocenters. The van der Waals surface area contributed by atoms with E-state index in [4.69, 9.17) is 0 Å². The fourth-order valence-corrected chi connectivity index (χ4v) is 2.67. The van der Waals surface area contributed by atoms with E-state index in [0.717, 1.165) is 32.4 Å². The molecule has 2 saturated heterocycles. The number of hydrogen-bond acceptors (Lipinski definition) is 3. The average Bonchev–Trinajstić information content (AvgIpc) is 2.75. The van der Waals surface area contributed by atoms with Crippen molar-refractivity contribution < 1.29 is 9.59 Å². The molecule has 2 aliphatic rings. The summed E-state index contributed by atoms with van der Waals surface area (Å²) in [6, 6.07) is -0.0275. The van der Waals surface area contributed by atoms with E-state index in [1.165, 1.54) is 0 Å². The van der Waals surface area contributed by atoms with Crippen LogP contribution in [0, 0.1) is 5.41 Å². The van der Waals surface area contributed by atoms with Gasteiger partial charge in [0.2, 0.25) is 11.8 Å². The first-order valence-electron chi connectivity index (χ1n) is 6.45. The van der Waals surface area contributed by atoms with E-state index < -0.39 is 0 Å². The van der Waals surface area contributed by atoms with Crippen LogP contribution in [-0.2, 0) is 9.59 Å². The van der Waals surface area contributed by atoms with Gasteiger partial charge in [0, 0.05) is 19.5 Å². The first kappa shape index (κ1) is 12.4. The van der Waals surface area contributed by atoms with Gasteiger partial charge in [0.25, 0.3) is 0 Å². The van der Waals surface area contributed by atoms with E-state index in [1.807, 2.05) is 0 Å². The maximum Gasteiger partial charge on any atom is 0.227 e. The van der Waals surface area contributed by atoms with E-state index in [1.54, 1.807) is 0 Å². The van der Waals surface area contributed by atoms with Crippen LogP contribution in [0.2, 0.25) is 0 Å². The summed E-state index contributed by atoms with van der Waals surface area (Å²) in [7, 11) is 0. The van der Waals surface area contributed by atoms with Gasteiger partial charge in [-0.2, -0.15) is 0 Å². The molecule has 5 nitrogen and oxygen atoms in total. The van der Waals surface area contributed by atoms with Crippen LogP contribution < -0.4 is 16.0 Å². The van der Waals surface area contributed by atoms with Crippen LogP contribution in [0.25, 0.3) is 0 Å². The molecule has 96 valence electrons. The second-order valence-corrected chi connectivity index (χ2v) is 5.09. The van der Waals surface area contributed by atoms with Gasteiger partial charge in [-0.15, -0.1) is 0 Å². The van der Waals surface area contributed by atoms with Crippen molar-refractivity contribution in [3.05, 3.63) is 0 Å². The average molecular weight is 239 g/mol. The molecule has 0 spiro atoms. The summed E-state index contributed by atoms with van der Waals surface area (Å²) in [5.41, 5.74) is -0.274. The van der Waals surface area contributed by atoms with E-state index in [-0.39, 0.29) is 23.3 Å². The second kappa shape index (κ2) is 5.04. The summed E-state index contributed by atoms with van der Waals surface area (Å²) >= 11 is 0. The predicted molar refractivity (Wildman–Crippen MR) is 64.4 cm³/mol. The highest BCUT2D eigenvalue weighted by Crippen LogP contribution is 2.30. The van der Waals surface area contributed by atoms with Gasteiger partial charge in [0.15, 0.2) is 0 Å². The summed E-state index contributed by atoms with van der Waals surface area (Å²) in [4.78, 5) is 23.4. The number of carbonyl (C=O) groups is 2. The Morgan fingerprint density at radius 1 is 1.59 bits per heavy atom. The third-order valence-electron chi connectivity index (χ3n) is 3.94. The van der Waals surface area contributed by atoms with Crippen LogP contribution in [-0.4, -0.2) is 37.5 Å². The fraction of sp³-hybridized carbons (Fsp3) is 0.833. The zero-order valence-electron chi connectivity index (χ0n) is 10.3. The first-order valence-corrected chi connectivity index (χ1v) is 6.45. The van der Waals surface area contributed by atoms with Gasteiger partial charge in [-0.05, 0) is 25.8 Å². The van der Waals surface area contributed by atoms with E-state index in [2.05, 4.69) is 22.9 Å². The predicted octanol–water partition coefficient (Wildman–Crippen LogP) is -0.229. The van der Waals surface area contributed by atoms with Crippen LogP contribution >= 0.6 is 0 Å². The van der Waals surface area contributed by atoms with Gasteiger partial charge in [0.05, 0.1) is 11.5 Å². The Hall–Kier alpha value is -1.10. The van der Waals surface area contributed by atoms with Gasteiger partial charge in [-0.25, -0.2) is 0 Å².